The standard InChI is InChI=1S/C16H25NO2/c1-13(19-12-14-8-10-18-11-9-14)16(17-2)15-6-4-3-5-7-15/h3-7,13-14,16-17H,8-12H2,1-2H3. The molecule has 2 unspecified atom stereocenters. The smallest absolute Gasteiger partial charge is 0.0741 e. The predicted molar refractivity (Wildman–Crippen MR) is 77.2 cm³/mol. The molecule has 1 saturated heterocycles. The predicted octanol–water partition coefficient (Wildman–Crippen LogP) is 2.78. The maximum absolute atomic E-state index is 6.07. The van der Waals surface area contributed by atoms with Crippen molar-refractivity contribution in [2.75, 3.05) is 26.9 Å². The van der Waals surface area contributed by atoms with E-state index in [1.54, 1.807) is 0 Å². The fourth-order valence-corrected chi connectivity index (χ4v) is 2.63. The lowest BCUT2D eigenvalue weighted by atomic mass is 10.0. The average Bonchev–Trinajstić information content (AvgIpc) is 2.48. The second-order valence-electron chi connectivity index (χ2n) is 5.27. The van der Waals surface area contributed by atoms with Gasteiger partial charge in [-0.3, -0.25) is 0 Å². The maximum Gasteiger partial charge on any atom is 0.0741 e. The second-order valence-corrected chi connectivity index (χ2v) is 5.27. The molecule has 19 heavy (non-hydrogen) atoms. The van der Waals surface area contributed by atoms with Crippen molar-refractivity contribution >= 4 is 0 Å². The number of likely N-dealkylation sites (N-methyl/N-ethyl adjacent to an activating group) is 1. The van der Waals surface area contributed by atoms with Crippen molar-refractivity contribution in [1.29, 1.82) is 0 Å². The molecule has 3 heteroatoms. The minimum absolute atomic E-state index is 0.176. The van der Waals surface area contributed by atoms with Gasteiger partial charge in [0, 0.05) is 13.2 Å². The normalized spacial score (nSPS) is 20.1. The van der Waals surface area contributed by atoms with Crippen LogP contribution in [0.5, 0.6) is 0 Å². The van der Waals surface area contributed by atoms with Gasteiger partial charge in [0.05, 0.1) is 18.8 Å². The molecule has 0 spiro atoms. The van der Waals surface area contributed by atoms with Gasteiger partial charge >= 0.3 is 0 Å². The third-order valence-electron chi connectivity index (χ3n) is 3.87. The van der Waals surface area contributed by atoms with E-state index in [-0.39, 0.29) is 12.1 Å². The number of hydrogen-bond acceptors (Lipinski definition) is 3. The van der Waals surface area contributed by atoms with Gasteiger partial charge in [0.15, 0.2) is 0 Å². The zero-order chi connectivity index (χ0) is 13.5. The van der Waals surface area contributed by atoms with Crippen molar-refractivity contribution in [1.82, 2.24) is 5.32 Å². The lowest BCUT2D eigenvalue weighted by Crippen LogP contribution is -2.31. The lowest BCUT2D eigenvalue weighted by Gasteiger charge is -2.28. The van der Waals surface area contributed by atoms with Gasteiger partial charge in [0.2, 0.25) is 0 Å². The summed E-state index contributed by atoms with van der Waals surface area (Å²) in [6.45, 7) is 4.76. The van der Waals surface area contributed by atoms with Gasteiger partial charge in [-0.1, -0.05) is 30.3 Å². The topological polar surface area (TPSA) is 30.5 Å². The van der Waals surface area contributed by atoms with E-state index in [1.165, 1.54) is 5.56 Å². The number of hydrogen-bond donors (Lipinski definition) is 1. The van der Waals surface area contributed by atoms with Crippen molar-refractivity contribution in [3.8, 4) is 0 Å². The molecule has 3 nitrogen and oxygen atoms in total. The molecular weight excluding hydrogens is 238 g/mol. The van der Waals surface area contributed by atoms with Crippen LogP contribution < -0.4 is 5.32 Å². The minimum atomic E-state index is 0.176. The van der Waals surface area contributed by atoms with Gasteiger partial charge in [-0.05, 0) is 38.3 Å². The zero-order valence-electron chi connectivity index (χ0n) is 12.0. The van der Waals surface area contributed by atoms with Crippen LogP contribution in [0.3, 0.4) is 0 Å². The van der Waals surface area contributed by atoms with Gasteiger partial charge in [0.25, 0.3) is 0 Å². The Balaban J connectivity index is 1.84. The minimum Gasteiger partial charge on any atom is -0.381 e. The first-order chi connectivity index (χ1) is 9.31. The number of benzene rings is 1. The Hall–Kier alpha value is -0.900. The molecule has 0 radical (unpaired) electrons. The Morgan fingerprint density at radius 1 is 1.26 bits per heavy atom. The summed E-state index contributed by atoms with van der Waals surface area (Å²) in [7, 11) is 1.99. The first-order valence-corrected chi connectivity index (χ1v) is 7.23. The molecule has 0 aliphatic carbocycles. The van der Waals surface area contributed by atoms with Gasteiger partial charge in [0.1, 0.15) is 0 Å². The van der Waals surface area contributed by atoms with Gasteiger partial charge < -0.3 is 14.8 Å². The van der Waals surface area contributed by atoms with Crippen LogP contribution in [0.2, 0.25) is 0 Å². The van der Waals surface area contributed by atoms with E-state index in [2.05, 4.69) is 36.5 Å². The third kappa shape index (κ3) is 4.30. The van der Waals surface area contributed by atoms with Crippen molar-refractivity contribution in [2.24, 2.45) is 5.92 Å². The van der Waals surface area contributed by atoms with Gasteiger partial charge in [-0.2, -0.15) is 0 Å². The van der Waals surface area contributed by atoms with E-state index >= 15 is 0 Å². The van der Waals surface area contributed by atoms with E-state index in [0.29, 0.717) is 5.92 Å². The Labute approximate surface area is 116 Å². The summed E-state index contributed by atoms with van der Waals surface area (Å²) in [4.78, 5) is 0. The molecule has 2 rings (SSSR count). The average molecular weight is 263 g/mol. The highest BCUT2D eigenvalue weighted by molar-refractivity contribution is 5.19. The van der Waals surface area contributed by atoms with Crippen molar-refractivity contribution < 1.29 is 9.47 Å². The highest BCUT2D eigenvalue weighted by Crippen LogP contribution is 2.21. The number of ether oxygens (including phenoxy) is 2. The summed E-state index contributed by atoms with van der Waals surface area (Å²) in [5, 5.41) is 3.36. The van der Waals surface area contributed by atoms with Crippen LogP contribution in [0, 0.1) is 5.92 Å². The fraction of sp³-hybridized carbons (Fsp3) is 0.625. The molecule has 2 atom stereocenters. The zero-order valence-corrected chi connectivity index (χ0v) is 12.0. The SMILES string of the molecule is CNC(c1ccccc1)C(C)OCC1CCOCC1. The number of nitrogens with one attached hydrogen (secondary N) is 1. The van der Waals surface area contributed by atoms with Crippen LogP contribution >= 0.6 is 0 Å². The molecule has 0 saturated carbocycles. The van der Waals surface area contributed by atoms with Crippen molar-refractivity contribution in [3.63, 3.8) is 0 Å². The van der Waals surface area contributed by atoms with Crippen molar-refractivity contribution in [2.45, 2.75) is 31.9 Å². The van der Waals surface area contributed by atoms with E-state index in [4.69, 9.17) is 9.47 Å². The van der Waals surface area contributed by atoms with E-state index < -0.39 is 0 Å². The second kappa shape index (κ2) is 7.63. The van der Waals surface area contributed by atoms with Gasteiger partial charge in [-0.25, -0.2) is 0 Å². The lowest BCUT2D eigenvalue weighted by molar-refractivity contribution is -0.0165. The molecule has 1 aliphatic heterocycles. The van der Waals surface area contributed by atoms with E-state index in [1.807, 2.05) is 13.1 Å². The van der Waals surface area contributed by atoms with Crippen LogP contribution in [0.15, 0.2) is 30.3 Å². The van der Waals surface area contributed by atoms with E-state index in [0.717, 1.165) is 32.7 Å². The Morgan fingerprint density at radius 2 is 1.95 bits per heavy atom. The summed E-state index contributed by atoms with van der Waals surface area (Å²) < 4.78 is 11.4. The van der Waals surface area contributed by atoms with Crippen LogP contribution in [0.25, 0.3) is 0 Å². The summed E-state index contributed by atoms with van der Waals surface area (Å²) in [5.74, 6) is 0.657. The summed E-state index contributed by atoms with van der Waals surface area (Å²) in [6, 6.07) is 10.7. The first kappa shape index (κ1) is 14.5. The molecular formula is C16H25NO2. The largest absolute Gasteiger partial charge is 0.381 e. The summed E-state index contributed by atoms with van der Waals surface area (Å²) in [5.41, 5.74) is 1.28. The third-order valence-corrected chi connectivity index (χ3v) is 3.87. The monoisotopic (exact) mass is 263 g/mol. The van der Waals surface area contributed by atoms with Crippen LogP contribution in [0.1, 0.15) is 31.4 Å². The molecule has 0 aromatic heterocycles. The quantitative estimate of drug-likeness (QED) is 0.856. The Bertz CT molecular complexity index is 349. The van der Waals surface area contributed by atoms with Gasteiger partial charge in [-0.15, -0.1) is 0 Å². The van der Waals surface area contributed by atoms with Crippen molar-refractivity contribution in [3.05, 3.63) is 35.9 Å². The van der Waals surface area contributed by atoms with Crippen LogP contribution in [-0.4, -0.2) is 33.0 Å². The Kier molecular flexibility index (Phi) is 5.83. The molecule has 0 amide bonds. The fourth-order valence-electron chi connectivity index (χ4n) is 2.63. The van der Waals surface area contributed by atoms with E-state index in [9.17, 15) is 0 Å². The molecule has 1 aliphatic rings. The molecule has 106 valence electrons. The summed E-state index contributed by atoms with van der Waals surface area (Å²) >= 11 is 0. The first-order valence-electron chi connectivity index (χ1n) is 7.23. The highest BCUT2D eigenvalue weighted by atomic mass is 16.5. The molecule has 1 aromatic carbocycles. The molecule has 1 N–H and O–H groups in total. The summed E-state index contributed by atoms with van der Waals surface area (Å²) in [6.07, 6.45) is 2.43. The molecule has 1 heterocycles. The van der Waals surface area contributed by atoms with Crippen LogP contribution in [0.4, 0.5) is 0 Å². The molecule has 1 fully saturated rings. The molecule has 0 bridgehead atoms. The van der Waals surface area contributed by atoms with Crippen LogP contribution in [-0.2, 0) is 9.47 Å². The molecule has 1 aromatic rings. The highest BCUT2D eigenvalue weighted by Gasteiger charge is 2.20. The Morgan fingerprint density at radius 3 is 2.58 bits per heavy atom. The maximum atomic E-state index is 6.07. The number of rotatable bonds is 6.